The van der Waals surface area contributed by atoms with Gasteiger partial charge in [-0.2, -0.15) is 0 Å². The van der Waals surface area contributed by atoms with Crippen molar-refractivity contribution in [1.82, 2.24) is 0 Å². The van der Waals surface area contributed by atoms with Crippen LogP contribution in [0.15, 0.2) is 24.3 Å². The largest absolute Gasteiger partial charge is 0.0808 e. The summed E-state index contributed by atoms with van der Waals surface area (Å²) in [7, 11) is 0. The molecule has 2 atom stereocenters. The van der Waals surface area contributed by atoms with Gasteiger partial charge >= 0.3 is 0 Å². The van der Waals surface area contributed by atoms with Crippen molar-refractivity contribution in [3.8, 4) is 0 Å². The van der Waals surface area contributed by atoms with Crippen molar-refractivity contribution >= 4 is 0 Å². The summed E-state index contributed by atoms with van der Waals surface area (Å²) in [5.74, 6) is 1.78. The van der Waals surface area contributed by atoms with Crippen molar-refractivity contribution in [2.24, 2.45) is 11.8 Å². The molecule has 0 amide bonds. The van der Waals surface area contributed by atoms with Crippen LogP contribution in [0, 0.1) is 11.8 Å². The van der Waals surface area contributed by atoms with Gasteiger partial charge in [0.25, 0.3) is 0 Å². The van der Waals surface area contributed by atoms with Gasteiger partial charge in [-0.15, -0.1) is 0 Å². The first-order valence-electron chi connectivity index (χ1n) is 4.32. The third-order valence-corrected chi connectivity index (χ3v) is 2.70. The monoisotopic (exact) mass is 150 g/mol. The average Bonchev–Trinajstić information content (AvgIpc) is 2.05. The van der Waals surface area contributed by atoms with Crippen molar-refractivity contribution in [1.29, 1.82) is 0 Å². The van der Waals surface area contributed by atoms with Crippen LogP contribution in [0.1, 0.15) is 33.1 Å². The molecule has 0 aliphatic heterocycles. The first kappa shape index (κ1) is 8.58. The molecule has 0 heterocycles. The molecule has 0 spiro atoms. The lowest BCUT2D eigenvalue weighted by atomic mass is 9.77. The predicted octanol–water partition coefficient (Wildman–Crippen LogP) is 3.55. The van der Waals surface area contributed by atoms with Gasteiger partial charge < -0.3 is 0 Å². The Labute approximate surface area is 70.0 Å². The fourth-order valence-corrected chi connectivity index (χ4v) is 2.08. The molecule has 0 bridgehead atoms. The molecule has 11 heavy (non-hydrogen) atoms. The van der Waals surface area contributed by atoms with E-state index in [1.807, 2.05) is 0 Å². The van der Waals surface area contributed by atoms with E-state index in [2.05, 4.69) is 24.3 Å². The lowest BCUT2D eigenvalue weighted by Gasteiger charge is -2.28. The zero-order chi connectivity index (χ0) is 6.81. The van der Waals surface area contributed by atoms with E-state index in [1.165, 1.54) is 25.7 Å². The highest BCUT2D eigenvalue weighted by Gasteiger charge is 2.21. The Balaban J connectivity index is 0.000000605. The van der Waals surface area contributed by atoms with Crippen LogP contribution in [0.4, 0.5) is 0 Å². The topological polar surface area (TPSA) is 0 Å². The molecule has 2 unspecified atom stereocenters. The number of hydrogen-bond acceptors (Lipinski definition) is 0. The summed E-state index contributed by atoms with van der Waals surface area (Å²) in [6.07, 6.45) is 14.9. The minimum Gasteiger partial charge on any atom is -0.0808 e. The van der Waals surface area contributed by atoms with Gasteiger partial charge in [-0.3, -0.25) is 0 Å². The fraction of sp³-hybridized carbons (Fsp3) is 0.636. The van der Waals surface area contributed by atoms with Crippen LogP contribution in [0.25, 0.3) is 0 Å². The second kappa shape index (κ2) is 3.75. The van der Waals surface area contributed by atoms with Gasteiger partial charge in [-0.1, -0.05) is 44.6 Å². The van der Waals surface area contributed by atoms with E-state index >= 15 is 0 Å². The molecular weight excluding hydrogens is 132 g/mol. The summed E-state index contributed by atoms with van der Waals surface area (Å²) in [5, 5.41) is 0. The van der Waals surface area contributed by atoms with Crippen LogP contribution in [0.5, 0.6) is 0 Å². The smallest absolute Gasteiger partial charge is 0.0167 e. The minimum atomic E-state index is 0. The molecule has 2 aliphatic rings. The van der Waals surface area contributed by atoms with E-state index in [9.17, 15) is 0 Å². The van der Waals surface area contributed by atoms with Crippen molar-refractivity contribution in [3.05, 3.63) is 24.3 Å². The molecule has 0 N–H and O–H groups in total. The maximum Gasteiger partial charge on any atom is -0.0167 e. The highest BCUT2D eigenvalue weighted by atomic mass is 14.3. The zero-order valence-electron chi connectivity index (χ0n) is 6.29. The van der Waals surface area contributed by atoms with Gasteiger partial charge in [0.2, 0.25) is 0 Å². The quantitative estimate of drug-likeness (QED) is 0.495. The Kier molecular flexibility index (Phi) is 2.92. The van der Waals surface area contributed by atoms with Crippen molar-refractivity contribution in [2.45, 2.75) is 33.1 Å². The molecule has 0 nitrogen and oxygen atoms in total. The summed E-state index contributed by atoms with van der Waals surface area (Å²) < 4.78 is 0. The number of rotatable bonds is 0. The van der Waals surface area contributed by atoms with Crippen LogP contribution in [0.3, 0.4) is 0 Å². The molecule has 1 fully saturated rings. The normalized spacial score (nSPS) is 34.2. The molecule has 0 aromatic rings. The third kappa shape index (κ3) is 1.74. The fourth-order valence-electron chi connectivity index (χ4n) is 2.08. The Morgan fingerprint density at radius 3 is 1.73 bits per heavy atom. The summed E-state index contributed by atoms with van der Waals surface area (Å²) in [6.45, 7) is 0. The lowest BCUT2D eigenvalue weighted by Crippen LogP contribution is -2.16. The van der Waals surface area contributed by atoms with Gasteiger partial charge in [0.15, 0.2) is 0 Å². The van der Waals surface area contributed by atoms with E-state index in [1.54, 1.807) is 0 Å². The number of allylic oxidation sites excluding steroid dienone is 4. The van der Waals surface area contributed by atoms with Crippen molar-refractivity contribution in [2.75, 3.05) is 0 Å². The van der Waals surface area contributed by atoms with Crippen LogP contribution in [-0.4, -0.2) is 0 Å². The van der Waals surface area contributed by atoms with Crippen molar-refractivity contribution in [3.63, 3.8) is 0 Å². The SMILES string of the molecule is C.C1=CC2CCCCC2C=C1. The van der Waals surface area contributed by atoms with E-state index in [4.69, 9.17) is 0 Å². The highest BCUT2D eigenvalue weighted by Crippen LogP contribution is 2.33. The Bertz CT molecular complexity index is 145. The standard InChI is InChI=1S/C10H14.CH4/c1-2-6-10-8-4-3-7-9(10)5-1;/h1-2,5-6,9-10H,3-4,7-8H2;1H4. The highest BCUT2D eigenvalue weighted by molar-refractivity contribution is 5.14. The zero-order valence-corrected chi connectivity index (χ0v) is 6.29. The summed E-state index contributed by atoms with van der Waals surface area (Å²) >= 11 is 0. The van der Waals surface area contributed by atoms with Crippen LogP contribution in [-0.2, 0) is 0 Å². The van der Waals surface area contributed by atoms with Gasteiger partial charge in [0.1, 0.15) is 0 Å². The van der Waals surface area contributed by atoms with Gasteiger partial charge in [-0.25, -0.2) is 0 Å². The molecular formula is C11H18. The predicted molar refractivity (Wildman–Crippen MR) is 50.5 cm³/mol. The van der Waals surface area contributed by atoms with E-state index in [0.717, 1.165) is 11.8 Å². The van der Waals surface area contributed by atoms with Crippen LogP contribution in [0.2, 0.25) is 0 Å². The lowest BCUT2D eigenvalue weighted by molar-refractivity contribution is 0.335. The maximum absolute atomic E-state index is 2.38. The molecule has 0 radical (unpaired) electrons. The summed E-state index contributed by atoms with van der Waals surface area (Å²) in [4.78, 5) is 0. The Morgan fingerprint density at radius 1 is 0.818 bits per heavy atom. The summed E-state index contributed by atoms with van der Waals surface area (Å²) in [6, 6.07) is 0. The maximum atomic E-state index is 2.38. The van der Waals surface area contributed by atoms with Crippen LogP contribution >= 0.6 is 0 Å². The number of hydrogen-bond donors (Lipinski definition) is 0. The van der Waals surface area contributed by atoms with E-state index in [0.29, 0.717) is 0 Å². The molecule has 2 rings (SSSR count). The Hall–Kier alpha value is -0.520. The van der Waals surface area contributed by atoms with E-state index in [-0.39, 0.29) is 7.43 Å². The second-order valence-electron chi connectivity index (χ2n) is 3.38. The van der Waals surface area contributed by atoms with Gasteiger partial charge in [0, 0.05) is 0 Å². The molecule has 62 valence electrons. The molecule has 0 aromatic heterocycles. The molecule has 1 saturated carbocycles. The third-order valence-electron chi connectivity index (χ3n) is 2.70. The average molecular weight is 150 g/mol. The second-order valence-corrected chi connectivity index (χ2v) is 3.38. The van der Waals surface area contributed by atoms with Crippen LogP contribution < -0.4 is 0 Å². The Morgan fingerprint density at radius 2 is 1.27 bits per heavy atom. The molecule has 0 aromatic carbocycles. The summed E-state index contributed by atoms with van der Waals surface area (Å²) in [5.41, 5.74) is 0. The van der Waals surface area contributed by atoms with Gasteiger partial charge in [-0.05, 0) is 24.7 Å². The molecule has 2 aliphatic carbocycles. The first-order valence-corrected chi connectivity index (χ1v) is 4.32. The number of fused-ring (bicyclic) bond motifs is 1. The van der Waals surface area contributed by atoms with Crippen molar-refractivity contribution < 1.29 is 0 Å². The van der Waals surface area contributed by atoms with Gasteiger partial charge in [0.05, 0.1) is 0 Å². The first-order chi connectivity index (χ1) is 4.97. The molecule has 0 saturated heterocycles. The minimum absolute atomic E-state index is 0. The molecule has 0 heteroatoms. The van der Waals surface area contributed by atoms with E-state index < -0.39 is 0 Å².